The molecule has 1 aliphatic rings. The van der Waals surface area contributed by atoms with Crippen LogP contribution in [0.4, 0.5) is 10.8 Å². The molecule has 1 aliphatic heterocycles. The number of benzene rings is 2. The number of aromatic nitrogens is 3. The Bertz CT molecular complexity index is 1410. The van der Waals surface area contributed by atoms with Crippen LogP contribution in [-0.4, -0.2) is 32.4 Å². The van der Waals surface area contributed by atoms with Crippen LogP contribution in [0.2, 0.25) is 0 Å². The number of carbonyl (C=O) groups excluding carboxylic acids is 1. The number of nitro groups is 1. The van der Waals surface area contributed by atoms with Crippen molar-refractivity contribution in [2.45, 2.75) is 20.4 Å². The Morgan fingerprint density at radius 3 is 2.68 bits per heavy atom. The Kier molecular flexibility index (Phi) is 5.46. The first kappa shape index (κ1) is 21.6. The standard InChI is InChI=1S/C23H19N5O5S/c1-13-21(28(30)31)14(2)27(26-13)10-15-3-5-16(6-4-15)22(29)25-23-24-18(11-34-23)17-7-8-19-20(9-17)33-12-32-19/h3-9,11H,10,12H2,1-2H3,(H,24,25,29). The zero-order valence-corrected chi connectivity index (χ0v) is 19.1. The van der Waals surface area contributed by atoms with Gasteiger partial charge in [0.2, 0.25) is 6.79 Å². The average Bonchev–Trinajstić information content (AvgIpc) is 3.53. The quantitative estimate of drug-likeness (QED) is 0.319. The topological polar surface area (TPSA) is 121 Å². The number of hydrogen-bond donors (Lipinski definition) is 1. The zero-order chi connectivity index (χ0) is 23.8. The monoisotopic (exact) mass is 477 g/mol. The Morgan fingerprint density at radius 1 is 1.18 bits per heavy atom. The first-order valence-electron chi connectivity index (χ1n) is 10.3. The largest absolute Gasteiger partial charge is 0.454 e. The van der Waals surface area contributed by atoms with Gasteiger partial charge in [-0.15, -0.1) is 11.3 Å². The molecule has 0 saturated carbocycles. The number of anilines is 1. The summed E-state index contributed by atoms with van der Waals surface area (Å²) in [4.78, 5) is 28.0. The second kappa shape index (κ2) is 8.60. The second-order valence-corrected chi connectivity index (χ2v) is 8.55. The molecule has 34 heavy (non-hydrogen) atoms. The van der Waals surface area contributed by atoms with Gasteiger partial charge in [0.15, 0.2) is 16.6 Å². The maximum absolute atomic E-state index is 12.7. The van der Waals surface area contributed by atoms with Gasteiger partial charge >= 0.3 is 5.69 Å². The van der Waals surface area contributed by atoms with Crippen LogP contribution in [0.25, 0.3) is 11.3 Å². The highest BCUT2D eigenvalue weighted by atomic mass is 32.1. The SMILES string of the molecule is Cc1nn(Cc2ccc(C(=O)Nc3nc(-c4ccc5c(c4)OCO5)cs3)cc2)c(C)c1[N+](=O)[O-]. The van der Waals surface area contributed by atoms with Crippen LogP contribution in [0.15, 0.2) is 47.8 Å². The highest BCUT2D eigenvalue weighted by molar-refractivity contribution is 7.14. The second-order valence-electron chi connectivity index (χ2n) is 7.69. The lowest BCUT2D eigenvalue weighted by molar-refractivity contribution is -0.386. The zero-order valence-electron chi connectivity index (χ0n) is 18.3. The van der Waals surface area contributed by atoms with E-state index in [-0.39, 0.29) is 18.4 Å². The van der Waals surface area contributed by atoms with Crippen LogP contribution >= 0.6 is 11.3 Å². The van der Waals surface area contributed by atoms with Crippen molar-refractivity contribution in [2.75, 3.05) is 12.1 Å². The third kappa shape index (κ3) is 4.08. The molecule has 0 saturated heterocycles. The molecule has 0 fully saturated rings. The first-order chi connectivity index (χ1) is 16.4. The summed E-state index contributed by atoms with van der Waals surface area (Å²) in [6.07, 6.45) is 0. The molecule has 0 radical (unpaired) electrons. The van der Waals surface area contributed by atoms with Gasteiger partial charge in [-0.1, -0.05) is 12.1 Å². The summed E-state index contributed by atoms with van der Waals surface area (Å²) in [6, 6.07) is 12.6. The van der Waals surface area contributed by atoms with Crippen molar-refractivity contribution in [3.8, 4) is 22.8 Å². The molecule has 172 valence electrons. The van der Waals surface area contributed by atoms with E-state index in [1.54, 1.807) is 42.8 Å². The lowest BCUT2D eigenvalue weighted by Crippen LogP contribution is -2.12. The van der Waals surface area contributed by atoms with Gasteiger partial charge in [-0.3, -0.25) is 24.9 Å². The van der Waals surface area contributed by atoms with Crippen molar-refractivity contribution in [2.24, 2.45) is 0 Å². The van der Waals surface area contributed by atoms with Crippen molar-refractivity contribution >= 4 is 28.1 Å². The number of nitrogens with zero attached hydrogens (tertiary/aromatic N) is 4. The van der Waals surface area contributed by atoms with E-state index < -0.39 is 4.92 Å². The van der Waals surface area contributed by atoms with Crippen molar-refractivity contribution in [3.05, 3.63) is 80.5 Å². The van der Waals surface area contributed by atoms with Crippen molar-refractivity contribution in [1.29, 1.82) is 0 Å². The number of fused-ring (bicyclic) bond motifs is 1. The molecule has 11 heteroatoms. The van der Waals surface area contributed by atoms with E-state index in [9.17, 15) is 14.9 Å². The molecule has 1 amide bonds. The number of thiazole rings is 1. The lowest BCUT2D eigenvalue weighted by atomic mass is 10.1. The van der Waals surface area contributed by atoms with Gasteiger partial charge in [0.05, 0.1) is 17.2 Å². The van der Waals surface area contributed by atoms with Gasteiger partial charge in [0, 0.05) is 16.5 Å². The Labute approximate surface area is 197 Å². The van der Waals surface area contributed by atoms with E-state index in [0.29, 0.717) is 40.1 Å². The highest BCUT2D eigenvalue weighted by Gasteiger charge is 2.22. The van der Waals surface area contributed by atoms with Crippen LogP contribution < -0.4 is 14.8 Å². The molecule has 2 aromatic heterocycles. The molecular formula is C23H19N5O5S. The van der Waals surface area contributed by atoms with Gasteiger partial charge in [0.1, 0.15) is 11.4 Å². The fraction of sp³-hybridized carbons (Fsp3) is 0.174. The summed E-state index contributed by atoms with van der Waals surface area (Å²) < 4.78 is 12.3. The van der Waals surface area contributed by atoms with Crippen molar-refractivity contribution in [1.82, 2.24) is 14.8 Å². The van der Waals surface area contributed by atoms with Gasteiger partial charge in [0.25, 0.3) is 5.91 Å². The van der Waals surface area contributed by atoms with Crippen molar-refractivity contribution in [3.63, 3.8) is 0 Å². The molecule has 1 N–H and O–H groups in total. The molecule has 0 spiro atoms. The molecule has 10 nitrogen and oxygen atoms in total. The number of ether oxygens (including phenoxy) is 2. The van der Waals surface area contributed by atoms with E-state index in [1.165, 1.54) is 11.3 Å². The summed E-state index contributed by atoms with van der Waals surface area (Å²) in [5, 5.41) is 20.6. The fourth-order valence-corrected chi connectivity index (χ4v) is 4.44. The van der Waals surface area contributed by atoms with Crippen LogP contribution in [0, 0.1) is 24.0 Å². The predicted octanol–water partition coefficient (Wildman–Crippen LogP) is 4.56. The highest BCUT2D eigenvalue weighted by Crippen LogP contribution is 2.36. The van der Waals surface area contributed by atoms with Crippen LogP contribution in [-0.2, 0) is 6.54 Å². The number of aryl methyl sites for hydroxylation is 1. The Hall–Kier alpha value is -4.25. The normalized spacial score (nSPS) is 12.1. The maximum Gasteiger partial charge on any atom is 0.312 e. The number of amides is 1. The van der Waals surface area contributed by atoms with E-state index in [2.05, 4.69) is 15.4 Å². The maximum atomic E-state index is 12.7. The van der Waals surface area contributed by atoms with E-state index in [0.717, 1.165) is 16.8 Å². The Balaban J connectivity index is 1.26. The minimum atomic E-state index is -0.418. The summed E-state index contributed by atoms with van der Waals surface area (Å²) in [5.41, 5.74) is 3.84. The average molecular weight is 478 g/mol. The molecule has 0 atom stereocenters. The Morgan fingerprint density at radius 2 is 1.94 bits per heavy atom. The van der Waals surface area contributed by atoms with E-state index in [4.69, 9.17) is 9.47 Å². The first-order valence-corrected chi connectivity index (χ1v) is 11.2. The molecule has 5 rings (SSSR count). The molecular weight excluding hydrogens is 458 g/mol. The third-order valence-corrected chi connectivity index (χ3v) is 6.23. The molecule has 0 bridgehead atoms. The van der Waals surface area contributed by atoms with Crippen molar-refractivity contribution < 1.29 is 19.2 Å². The number of carbonyl (C=O) groups is 1. The fourth-order valence-electron chi connectivity index (χ4n) is 3.73. The number of hydrogen-bond acceptors (Lipinski definition) is 8. The van der Waals surface area contributed by atoms with Gasteiger partial charge in [-0.25, -0.2) is 4.98 Å². The van der Waals surface area contributed by atoms with Crippen LogP contribution in [0.3, 0.4) is 0 Å². The van der Waals surface area contributed by atoms with Crippen LogP contribution in [0.1, 0.15) is 27.3 Å². The van der Waals surface area contributed by atoms with E-state index in [1.807, 2.05) is 23.6 Å². The molecule has 0 aliphatic carbocycles. The summed E-state index contributed by atoms with van der Waals surface area (Å²) in [7, 11) is 0. The smallest absolute Gasteiger partial charge is 0.312 e. The summed E-state index contributed by atoms with van der Waals surface area (Å²) >= 11 is 1.33. The minimum Gasteiger partial charge on any atom is -0.454 e. The van der Waals surface area contributed by atoms with Gasteiger partial charge in [-0.2, -0.15) is 5.10 Å². The summed E-state index contributed by atoms with van der Waals surface area (Å²) in [5.74, 6) is 1.10. The lowest BCUT2D eigenvalue weighted by Gasteiger charge is -2.06. The molecule has 3 heterocycles. The van der Waals surface area contributed by atoms with Crippen LogP contribution in [0.5, 0.6) is 11.5 Å². The summed E-state index contributed by atoms with van der Waals surface area (Å²) in [6.45, 7) is 3.86. The molecule has 0 unspecified atom stereocenters. The van der Waals surface area contributed by atoms with Gasteiger partial charge < -0.3 is 9.47 Å². The minimum absolute atomic E-state index is 0.0274. The third-order valence-electron chi connectivity index (χ3n) is 5.47. The van der Waals surface area contributed by atoms with E-state index >= 15 is 0 Å². The van der Waals surface area contributed by atoms with Gasteiger partial charge in [-0.05, 0) is 49.7 Å². The number of nitrogens with one attached hydrogen (secondary N) is 1. The predicted molar refractivity (Wildman–Crippen MR) is 126 cm³/mol. The number of rotatable bonds is 6. The molecule has 2 aromatic carbocycles. The molecule has 4 aromatic rings.